The van der Waals surface area contributed by atoms with Crippen LogP contribution in [0.5, 0.6) is 0 Å². The van der Waals surface area contributed by atoms with Crippen LogP contribution >= 0.6 is 23.1 Å². The minimum absolute atomic E-state index is 0.107. The number of fused-ring (bicyclic) bond motifs is 1. The van der Waals surface area contributed by atoms with E-state index in [2.05, 4.69) is 41.0 Å². The van der Waals surface area contributed by atoms with Crippen LogP contribution in [0.2, 0.25) is 0 Å². The Labute approximate surface area is 157 Å². The second kappa shape index (κ2) is 8.47. The number of likely N-dealkylation sites (tertiary alicyclic amines) is 1. The number of carbonyl (C=O) groups is 1. The third-order valence-corrected chi connectivity index (χ3v) is 6.87. The summed E-state index contributed by atoms with van der Waals surface area (Å²) in [4.78, 5) is 25.8. The number of nitrogens with one attached hydrogen (secondary N) is 1. The molecule has 0 bridgehead atoms. The van der Waals surface area contributed by atoms with E-state index in [1.165, 1.54) is 35.2 Å². The summed E-state index contributed by atoms with van der Waals surface area (Å²) in [5.41, 5.74) is 1.23. The molecule has 3 heterocycles. The zero-order chi connectivity index (χ0) is 17.8. The number of rotatable bonds is 6. The smallest absolute Gasteiger partial charge is 0.230 e. The first-order valence-corrected chi connectivity index (χ1v) is 10.7. The fraction of sp³-hybridized carbons (Fsp3) is 0.611. The van der Waals surface area contributed by atoms with Crippen molar-refractivity contribution in [3.8, 4) is 0 Å². The molecule has 25 heavy (non-hydrogen) atoms. The van der Waals surface area contributed by atoms with Crippen LogP contribution in [0.4, 0.5) is 0 Å². The Morgan fingerprint density at radius 3 is 2.84 bits per heavy atom. The summed E-state index contributed by atoms with van der Waals surface area (Å²) in [6.07, 6.45) is 4.90. The minimum Gasteiger partial charge on any atom is -0.353 e. The number of aryl methyl sites for hydroxylation is 2. The number of carbonyl (C=O) groups excluding carboxylic acids is 1. The van der Waals surface area contributed by atoms with Crippen molar-refractivity contribution in [1.82, 2.24) is 20.2 Å². The molecule has 0 saturated carbocycles. The standard InChI is InChI=1S/C18H26N4OS2/c1-4-7-22-8-5-14(6-9-22)21-15(23)10-24-17-16-12(2)13(3)25-18(16)20-11-19-17/h11,14H,4-10H2,1-3H3,(H,21,23). The molecule has 0 aliphatic carbocycles. The summed E-state index contributed by atoms with van der Waals surface area (Å²) < 4.78 is 0. The number of piperidine rings is 1. The van der Waals surface area contributed by atoms with Crippen molar-refractivity contribution in [3.05, 3.63) is 16.8 Å². The highest BCUT2D eigenvalue weighted by atomic mass is 32.2. The second-order valence-corrected chi connectivity index (χ2v) is 8.78. The number of thiophene rings is 1. The summed E-state index contributed by atoms with van der Waals surface area (Å²) in [7, 11) is 0. The van der Waals surface area contributed by atoms with E-state index < -0.39 is 0 Å². The minimum atomic E-state index is 0.107. The summed E-state index contributed by atoms with van der Waals surface area (Å²) in [6.45, 7) is 9.77. The van der Waals surface area contributed by atoms with Gasteiger partial charge < -0.3 is 10.2 Å². The number of amides is 1. The van der Waals surface area contributed by atoms with Gasteiger partial charge in [-0.25, -0.2) is 9.97 Å². The van der Waals surface area contributed by atoms with Crippen LogP contribution in [-0.2, 0) is 4.79 Å². The Morgan fingerprint density at radius 2 is 2.12 bits per heavy atom. The van der Waals surface area contributed by atoms with Gasteiger partial charge in [0.25, 0.3) is 0 Å². The molecule has 0 unspecified atom stereocenters. The van der Waals surface area contributed by atoms with E-state index >= 15 is 0 Å². The highest BCUT2D eigenvalue weighted by Gasteiger charge is 2.20. The highest BCUT2D eigenvalue weighted by molar-refractivity contribution is 8.00. The SMILES string of the molecule is CCCN1CCC(NC(=O)CSc2ncnc3sc(C)c(C)c23)CC1. The summed E-state index contributed by atoms with van der Waals surface area (Å²) in [6, 6.07) is 0.316. The van der Waals surface area contributed by atoms with Crippen molar-refractivity contribution in [1.29, 1.82) is 0 Å². The van der Waals surface area contributed by atoms with Crippen molar-refractivity contribution in [3.63, 3.8) is 0 Å². The molecular formula is C18H26N4OS2. The van der Waals surface area contributed by atoms with Gasteiger partial charge in [-0.05, 0) is 45.2 Å². The Balaban J connectivity index is 1.53. The normalized spacial score (nSPS) is 16.4. The Hall–Kier alpha value is -1.18. The molecule has 2 aromatic heterocycles. The van der Waals surface area contributed by atoms with E-state index in [9.17, 15) is 4.79 Å². The summed E-state index contributed by atoms with van der Waals surface area (Å²) >= 11 is 3.21. The fourth-order valence-corrected chi connectivity index (χ4v) is 5.21. The summed E-state index contributed by atoms with van der Waals surface area (Å²) in [5.74, 6) is 0.519. The Bertz CT molecular complexity index is 738. The van der Waals surface area contributed by atoms with Crippen LogP contribution in [0.1, 0.15) is 36.6 Å². The molecule has 0 aromatic carbocycles. The van der Waals surface area contributed by atoms with Crippen LogP contribution < -0.4 is 5.32 Å². The largest absolute Gasteiger partial charge is 0.353 e. The van der Waals surface area contributed by atoms with Gasteiger partial charge in [-0.1, -0.05) is 18.7 Å². The number of aromatic nitrogens is 2. The fourth-order valence-electron chi connectivity index (χ4n) is 3.28. The predicted molar refractivity (Wildman–Crippen MR) is 106 cm³/mol. The van der Waals surface area contributed by atoms with Crippen LogP contribution in [0, 0.1) is 13.8 Å². The van der Waals surface area contributed by atoms with Crippen molar-refractivity contribution in [2.24, 2.45) is 0 Å². The molecule has 136 valence electrons. The lowest BCUT2D eigenvalue weighted by atomic mass is 10.1. The maximum atomic E-state index is 12.3. The molecule has 0 radical (unpaired) electrons. The van der Waals surface area contributed by atoms with Crippen LogP contribution in [0.3, 0.4) is 0 Å². The van der Waals surface area contributed by atoms with E-state index in [0.717, 1.165) is 41.2 Å². The van der Waals surface area contributed by atoms with Crippen molar-refractivity contribution in [2.75, 3.05) is 25.4 Å². The maximum Gasteiger partial charge on any atom is 0.230 e. The van der Waals surface area contributed by atoms with Gasteiger partial charge in [-0.2, -0.15) is 0 Å². The maximum absolute atomic E-state index is 12.3. The predicted octanol–water partition coefficient (Wildman–Crippen LogP) is 3.39. The van der Waals surface area contributed by atoms with Crippen LogP contribution in [-0.4, -0.2) is 52.2 Å². The van der Waals surface area contributed by atoms with Gasteiger partial charge in [-0.15, -0.1) is 11.3 Å². The van der Waals surface area contributed by atoms with Crippen LogP contribution in [0.25, 0.3) is 10.2 Å². The topological polar surface area (TPSA) is 58.1 Å². The first-order valence-electron chi connectivity index (χ1n) is 8.93. The number of thioether (sulfide) groups is 1. The molecule has 0 atom stereocenters. The molecule has 3 rings (SSSR count). The van der Waals surface area contributed by atoms with E-state index in [0.29, 0.717) is 11.8 Å². The van der Waals surface area contributed by atoms with Gasteiger partial charge in [-0.3, -0.25) is 4.79 Å². The molecule has 1 saturated heterocycles. The van der Waals surface area contributed by atoms with Gasteiger partial charge in [0.1, 0.15) is 16.2 Å². The van der Waals surface area contributed by atoms with Gasteiger partial charge in [0, 0.05) is 29.4 Å². The number of hydrogen-bond acceptors (Lipinski definition) is 6. The van der Waals surface area contributed by atoms with E-state index in [1.54, 1.807) is 17.7 Å². The van der Waals surface area contributed by atoms with Crippen LogP contribution in [0.15, 0.2) is 11.4 Å². The van der Waals surface area contributed by atoms with Gasteiger partial charge in [0.15, 0.2) is 0 Å². The lowest BCUT2D eigenvalue weighted by Crippen LogP contribution is -2.45. The molecule has 2 aromatic rings. The van der Waals surface area contributed by atoms with Crippen molar-refractivity contribution in [2.45, 2.75) is 51.1 Å². The molecule has 1 amide bonds. The molecule has 1 aliphatic rings. The van der Waals surface area contributed by atoms with Gasteiger partial charge >= 0.3 is 0 Å². The lowest BCUT2D eigenvalue weighted by molar-refractivity contribution is -0.119. The molecule has 1 aliphatic heterocycles. The monoisotopic (exact) mass is 378 g/mol. The lowest BCUT2D eigenvalue weighted by Gasteiger charge is -2.32. The number of nitrogens with zero attached hydrogens (tertiary/aromatic N) is 3. The quantitative estimate of drug-likeness (QED) is 0.617. The molecule has 1 N–H and O–H groups in total. The van der Waals surface area contributed by atoms with Crippen molar-refractivity contribution >= 4 is 39.2 Å². The first-order chi connectivity index (χ1) is 12.1. The zero-order valence-electron chi connectivity index (χ0n) is 15.2. The third-order valence-electron chi connectivity index (χ3n) is 4.76. The third kappa shape index (κ3) is 4.51. The van der Waals surface area contributed by atoms with Gasteiger partial charge in [0.05, 0.1) is 5.75 Å². The number of hydrogen-bond donors (Lipinski definition) is 1. The average Bonchev–Trinajstić information content (AvgIpc) is 2.90. The average molecular weight is 379 g/mol. The second-order valence-electron chi connectivity index (χ2n) is 6.61. The molecule has 0 spiro atoms. The molecule has 1 fully saturated rings. The van der Waals surface area contributed by atoms with E-state index in [4.69, 9.17) is 0 Å². The Kier molecular flexibility index (Phi) is 6.30. The van der Waals surface area contributed by atoms with Gasteiger partial charge in [0.2, 0.25) is 5.91 Å². The zero-order valence-corrected chi connectivity index (χ0v) is 16.8. The first kappa shape index (κ1) is 18.6. The van der Waals surface area contributed by atoms with E-state index in [1.807, 2.05) is 0 Å². The Morgan fingerprint density at radius 1 is 1.36 bits per heavy atom. The van der Waals surface area contributed by atoms with Crippen molar-refractivity contribution < 1.29 is 4.79 Å². The van der Waals surface area contributed by atoms with E-state index in [-0.39, 0.29) is 5.91 Å². The summed E-state index contributed by atoms with van der Waals surface area (Å²) in [5, 5.41) is 5.22. The highest BCUT2D eigenvalue weighted by Crippen LogP contribution is 2.34. The molecule has 7 heteroatoms. The molecular weight excluding hydrogens is 352 g/mol. The molecule has 5 nitrogen and oxygen atoms in total.